The highest BCUT2D eigenvalue weighted by atomic mass is 16.7. The van der Waals surface area contributed by atoms with Crippen molar-refractivity contribution in [2.75, 3.05) is 47.5 Å². The minimum Gasteiger partial charge on any atom is -0.477 e. The molecule has 526 valence electrons. The van der Waals surface area contributed by atoms with E-state index in [0.717, 1.165) is 148 Å². The average molecular weight is 1290 g/mol. The van der Waals surface area contributed by atoms with Crippen LogP contribution in [0.1, 0.15) is 284 Å². The van der Waals surface area contributed by atoms with Crippen LogP contribution in [0.25, 0.3) is 0 Å². The molecule has 0 spiro atoms. The van der Waals surface area contributed by atoms with E-state index in [-0.39, 0.29) is 32.2 Å². The molecule has 9 heteroatoms. The SMILES string of the molecule is CC/C=C\C/C=C\C/C=C\C/C=C\C/C=C\C/C=C\C/C=C\C/C=C\CCCCCCCCC(=O)OC(COC(=O)CCCCCCCCCCCCCCCCCCCC/C=C\C/C=C\C/C=C\C/C=C\C/C=C\C/C=C\CC)COC(OCC[N+](C)(C)C)C(=O)O. The summed E-state index contributed by atoms with van der Waals surface area (Å²) in [5, 5.41) is 9.76. The smallest absolute Gasteiger partial charge is 0.361 e. The lowest BCUT2D eigenvalue weighted by Crippen LogP contribution is -2.40. The summed E-state index contributed by atoms with van der Waals surface area (Å²) in [5.41, 5.74) is 0. The highest BCUT2D eigenvalue weighted by molar-refractivity contribution is 5.71. The number of carboxylic acid groups (broad SMARTS) is 1. The van der Waals surface area contributed by atoms with E-state index in [9.17, 15) is 19.5 Å². The Bertz CT molecular complexity index is 2140. The molecule has 0 aromatic carbocycles. The Morgan fingerprint density at radius 1 is 0.323 bits per heavy atom. The fraction of sp³-hybridized carbons (Fsp3) is 0.631. The number of ether oxygens (including phenoxy) is 4. The molecule has 2 atom stereocenters. The fourth-order valence-electron chi connectivity index (χ4n) is 9.86. The summed E-state index contributed by atoms with van der Waals surface area (Å²) in [6, 6.07) is 0. The number of hydrogen-bond donors (Lipinski definition) is 1. The largest absolute Gasteiger partial charge is 0.477 e. The predicted molar refractivity (Wildman–Crippen MR) is 400 cm³/mol. The van der Waals surface area contributed by atoms with Gasteiger partial charge in [0.1, 0.15) is 13.2 Å². The molecule has 0 aromatic rings. The minimum atomic E-state index is -1.53. The number of allylic oxidation sites excluding steroid dienone is 28. The fourth-order valence-corrected chi connectivity index (χ4v) is 9.86. The summed E-state index contributed by atoms with van der Waals surface area (Å²) in [7, 11) is 5.97. The predicted octanol–water partition coefficient (Wildman–Crippen LogP) is 23.8. The normalized spacial score (nSPS) is 13.7. The van der Waals surface area contributed by atoms with E-state index < -0.39 is 24.3 Å². The van der Waals surface area contributed by atoms with Crippen molar-refractivity contribution < 1.29 is 42.9 Å². The number of quaternary nitrogens is 1. The van der Waals surface area contributed by atoms with E-state index in [1.165, 1.54) is 103 Å². The van der Waals surface area contributed by atoms with Gasteiger partial charge in [-0.3, -0.25) is 9.59 Å². The van der Waals surface area contributed by atoms with Crippen molar-refractivity contribution >= 4 is 17.9 Å². The molecule has 0 aliphatic carbocycles. The van der Waals surface area contributed by atoms with Crippen LogP contribution in [0.5, 0.6) is 0 Å². The van der Waals surface area contributed by atoms with Crippen LogP contribution >= 0.6 is 0 Å². The van der Waals surface area contributed by atoms with Gasteiger partial charge in [-0.25, -0.2) is 4.79 Å². The summed E-state index contributed by atoms with van der Waals surface area (Å²) in [6.07, 6.45) is 106. The molecule has 0 bridgehead atoms. The second-order valence-electron chi connectivity index (χ2n) is 25.5. The zero-order chi connectivity index (χ0) is 67.5. The Hall–Kier alpha value is -5.35. The van der Waals surface area contributed by atoms with Crippen molar-refractivity contribution in [3.8, 4) is 0 Å². The van der Waals surface area contributed by atoms with Crippen molar-refractivity contribution in [2.24, 2.45) is 0 Å². The first-order valence-corrected chi connectivity index (χ1v) is 37.3. The van der Waals surface area contributed by atoms with Gasteiger partial charge >= 0.3 is 17.9 Å². The van der Waals surface area contributed by atoms with Crippen LogP contribution in [0.2, 0.25) is 0 Å². The van der Waals surface area contributed by atoms with Crippen LogP contribution in [-0.2, 0) is 33.3 Å². The number of rotatable bonds is 67. The van der Waals surface area contributed by atoms with E-state index in [2.05, 4.69) is 184 Å². The zero-order valence-corrected chi connectivity index (χ0v) is 60.1. The van der Waals surface area contributed by atoms with E-state index in [4.69, 9.17) is 18.9 Å². The molecule has 0 aliphatic heterocycles. The number of hydrogen-bond acceptors (Lipinski definition) is 7. The third kappa shape index (κ3) is 73.9. The van der Waals surface area contributed by atoms with Crippen LogP contribution in [0.15, 0.2) is 170 Å². The Morgan fingerprint density at radius 2 is 0.581 bits per heavy atom. The van der Waals surface area contributed by atoms with Gasteiger partial charge in [0, 0.05) is 12.8 Å². The van der Waals surface area contributed by atoms with Crippen molar-refractivity contribution in [1.82, 2.24) is 0 Å². The lowest BCUT2D eigenvalue weighted by atomic mass is 10.0. The van der Waals surface area contributed by atoms with Gasteiger partial charge in [0.15, 0.2) is 6.10 Å². The van der Waals surface area contributed by atoms with Crippen LogP contribution in [0.4, 0.5) is 0 Å². The van der Waals surface area contributed by atoms with Gasteiger partial charge in [0.2, 0.25) is 0 Å². The molecular weight excluding hydrogens is 1150 g/mol. The van der Waals surface area contributed by atoms with Gasteiger partial charge in [-0.15, -0.1) is 0 Å². The Labute approximate surface area is 571 Å². The maximum Gasteiger partial charge on any atom is 0.361 e. The molecule has 93 heavy (non-hydrogen) atoms. The number of likely N-dealkylation sites (N-methyl/N-ethyl adjacent to an activating group) is 1. The van der Waals surface area contributed by atoms with Gasteiger partial charge in [-0.1, -0.05) is 312 Å². The van der Waals surface area contributed by atoms with Crippen LogP contribution < -0.4 is 0 Å². The standard InChI is InChI=1S/C84H137NO8/c1-6-8-10-12-14-16-18-20-22-24-26-28-30-32-34-36-38-39-40-41-42-43-45-46-48-50-52-54-56-58-60-62-64-66-68-70-72-74-81(86)91-78-80(79-92-84(83(88)89)90-77-76-85(3,4)5)93-82(87)75-73-71-69-67-65-63-61-59-57-55-53-51-49-47-44-37-35-33-31-29-27-25-23-21-19-17-15-13-11-9-7-2/h8-11,14-17,20-23,26-29,32-35,38-39,44,47,51,53,57,59,80,84H,6-7,12-13,18-19,24-25,30-31,36-37,40-43,45-46,48-50,52,54-56,58,60-79H2,1-5H3/p+1/b10-8-,11-9-,16-14-,17-15-,22-20-,23-21-,28-26-,29-27-,34-32-,35-33-,39-38-,47-44-,53-51-,59-57-. The Morgan fingerprint density at radius 3 is 0.860 bits per heavy atom. The average Bonchev–Trinajstić information content (AvgIpc) is 3.38. The lowest BCUT2D eigenvalue weighted by molar-refractivity contribution is -0.870. The number of esters is 2. The van der Waals surface area contributed by atoms with Gasteiger partial charge in [-0.2, -0.15) is 0 Å². The minimum absolute atomic E-state index is 0.177. The van der Waals surface area contributed by atoms with E-state index in [1.54, 1.807) is 0 Å². The third-order valence-electron chi connectivity index (χ3n) is 15.5. The van der Waals surface area contributed by atoms with Crippen molar-refractivity contribution in [3.63, 3.8) is 0 Å². The Kier molecular flexibility index (Phi) is 68.3. The summed E-state index contributed by atoms with van der Waals surface area (Å²) >= 11 is 0. The Balaban J connectivity index is 4.14. The van der Waals surface area contributed by atoms with Gasteiger partial charge in [0.05, 0.1) is 34.4 Å². The summed E-state index contributed by atoms with van der Waals surface area (Å²) in [6.45, 7) is 4.63. The number of nitrogens with zero attached hydrogens (tertiary/aromatic N) is 1. The topological polar surface area (TPSA) is 108 Å². The first kappa shape index (κ1) is 87.7. The summed E-state index contributed by atoms with van der Waals surface area (Å²) in [4.78, 5) is 37.7. The maximum absolute atomic E-state index is 13.0. The van der Waals surface area contributed by atoms with Crippen LogP contribution in [-0.4, -0.2) is 87.4 Å². The molecule has 0 aromatic heterocycles. The number of aliphatic carboxylic acids is 1. The zero-order valence-electron chi connectivity index (χ0n) is 60.1. The summed E-state index contributed by atoms with van der Waals surface area (Å²) in [5.74, 6) is -2.03. The van der Waals surface area contributed by atoms with Crippen molar-refractivity contribution in [1.29, 1.82) is 0 Å². The van der Waals surface area contributed by atoms with Crippen molar-refractivity contribution in [2.45, 2.75) is 296 Å². The number of carboxylic acids is 1. The molecule has 1 N–H and O–H groups in total. The molecule has 0 fully saturated rings. The molecule has 0 radical (unpaired) electrons. The number of unbranched alkanes of at least 4 members (excludes halogenated alkanes) is 24. The summed E-state index contributed by atoms with van der Waals surface area (Å²) < 4.78 is 23.0. The molecule has 9 nitrogen and oxygen atoms in total. The van der Waals surface area contributed by atoms with Crippen LogP contribution in [0, 0.1) is 0 Å². The highest BCUT2D eigenvalue weighted by Gasteiger charge is 2.25. The molecule has 0 saturated carbocycles. The van der Waals surface area contributed by atoms with E-state index in [1.807, 2.05) is 21.1 Å². The third-order valence-corrected chi connectivity index (χ3v) is 15.5. The molecule has 0 rings (SSSR count). The van der Waals surface area contributed by atoms with Crippen molar-refractivity contribution in [3.05, 3.63) is 170 Å². The molecule has 0 saturated heterocycles. The van der Waals surface area contributed by atoms with Gasteiger partial charge < -0.3 is 28.5 Å². The van der Waals surface area contributed by atoms with Gasteiger partial charge in [-0.05, 0) is 128 Å². The van der Waals surface area contributed by atoms with Gasteiger partial charge in [0.25, 0.3) is 6.29 Å². The second kappa shape index (κ2) is 72.5. The first-order chi connectivity index (χ1) is 45.6. The first-order valence-electron chi connectivity index (χ1n) is 37.3. The molecule has 2 unspecified atom stereocenters. The molecule has 0 aliphatic rings. The second-order valence-corrected chi connectivity index (χ2v) is 25.5. The monoisotopic (exact) mass is 1290 g/mol. The van der Waals surface area contributed by atoms with Crippen LogP contribution in [0.3, 0.4) is 0 Å². The lowest BCUT2D eigenvalue weighted by Gasteiger charge is -2.25. The molecule has 0 heterocycles. The highest BCUT2D eigenvalue weighted by Crippen LogP contribution is 2.17. The van der Waals surface area contributed by atoms with E-state index in [0.29, 0.717) is 23.9 Å². The number of carbonyl (C=O) groups excluding carboxylic acids is 2. The number of carbonyl (C=O) groups is 3. The molecular formula is C84H138NO8+. The van der Waals surface area contributed by atoms with E-state index >= 15 is 0 Å². The molecule has 0 amide bonds. The maximum atomic E-state index is 13.0. The quantitative estimate of drug-likeness (QED) is 0.0211.